The van der Waals surface area contributed by atoms with Crippen molar-refractivity contribution in [3.05, 3.63) is 286 Å². The number of hydrogen-bond donors (Lipinski definition) is 7. The van der Waals surface area contributed by atoms with E-state index in [0.717, 1.165) is 121 Å². The fraction of sp³-hybridized carbons (Fsp3) is 0.484. The van der Waals surface area contributed by atoms with E-state index in [9.17, 15) is 20.4 Å². The number of allylic oxidation sites excluding steroid dienone is 4. The molecule has 0 radical (unpaired) electrons. The average molecular weight is 1720 g/mol. The van der Waals surface area contributed by atoms with Gasteiger partial charge in [-0.15, -0.1) is 123 Å². The zero-order valence-electron chi connectivity index (χ0n) is 70.7. The molecule has 11 rings (SSSR count). The second kappa shape index (κ2) is 102. The van der Waals surface area contributed by atoms with Crippen molar-refractivity contribution in [3.8, 4) is 0 Å². The number of rotatable bonds is 40. The first-order chi connectivity index (χ1) is 54.5. The first-order valence-electron chi connectivity index (χ1n) is 38.7. The first-order valence-corrected chi connectivity index (χ1v) is 38.7. The van der Waals surface area contributed by atoms with Gasteiger partial charge in [-0.2, -0.15) is 18.6 Å². The molecule has 116 heavy (non-hydrogen) atoms. The van der Waals surface area contributed by atoms with Crippen LogP contribution in [-0.2, 0) is 89.5 Å². The van der Waals surface area contributed by atoms with Crippen molar-refractivity contribution in [2.24, 2.45) is 0 Å². The van der Waals surface area contributed by atoms with E-state index in [1.54, 1.807) is 30.4 Å². The number of fused-ring (bicyclic) bond motifs is 2. The van der Waals surface area contributed by atoms with Crippen LogP contribution in [0.4, 0.5) is 0 Å². The molecule has 0 aromatic heterocycles. The largest absolute Gasteiger partial charge is 1.00 e. The maximum Gasteiger partial charge on any atom is 1.00 e. The van der Waals surface area contributed by atoms with Crippen molar-refractivity contribution in [3.63, 3.8) is 0 Å². The molecule has 5 atom stereocenters. The summed E-state index contributed by atoms with van der Waals surface area (Å²) in [7, 11) is 0. The molecule has 5 unspecified atom stereocenters. The molecule has 2 aliphatic carbocycles. The Morgan fingerprint density at radius 3 is 1.02 bits per heavy atom. The van der Waals surface area contributed by atoms with Gasteiger partial charge in [0.25, 0.3) is 0 Å². The molecule has 4 saturated heterocycles. The van der Waals surface area contributed by atoms with Crippen LogP contribution in [0.3, 0.4) is 0 Å². The predicted molar refractivity (Wildman–Crippen MR) is 445 cm³/mol. The minimum atomic E-state index is -0.609. The maximum absolute atomic E-state index is 10.1. The molecule has 632 valence electrons. The molecular weight excluding hydrogens is 1590 g/mol. The Morgan fingerprint density at radius 2 is 0.741 bits per heavy atom. The number of ether oxygens (including phenoxy) is 12. The number of hydrogen-bond acceptors (Lipinski definition) is 21. The number of epoxide rings is 2. The molecule has 4 heterocycles. The van der Waals surface area contributed by atoms with Gasteiger partial charge in [0, 0.05) is 59.5 Å². The van der Waals surface area contributed by atoms with Crippen molar-refractivity contribution in [1.29, 1.82) is 0 Å². The maximum atomic E-state index is 10.1. The van der Waals surface area contributed by atoms with Gasteiger partial charge in [-0.3, -0.25) is 0 Å². The Bertz CT molecular complexity index is 2650. The third-order valence-corrected chi connectivity index (χ3v) is 14.7. The van der Waals surface area contributed by atoms with Gasteiger partial charge in [0.15, 0.2) is 0 Å². The molecule has 5 aromatic rings. The molecule has 0 spiro atoms. The third-order valence-electron chi connectivity index (χ3n) is 14.7. The fourth-order valence-corrected chi connectivity index (χ4v) is 8.65. The standard InChI is InChI=1S/C16H30O6.C13H18O3.2C10H9.C7H8O.C7H7O.2C6H10O2.C4H10O2.2C4H8O.C4H9O.4K.H2O/c1-3-7-19-11-15(17)13-21-9-5-6-10-22-14-16(18)12-20-8-4-2;1-2-8-15-10-13(14)11-16-9-12-6-4-3-5-7-12;2*1-2-6-10-8-4-3-7-9(10)5-1;2*8-6-7-4-2-1-3-5-7;2*1-2-3-7-4-6-5-8-6;5-3-1-2-4-6;2*1-2-4-5-3-1;1-2-3-4-5;;;;;/h3-4,15-18H,1-2,5-14H2;2-7,13-14H,1,8-11H2;2*1-7H,8H2;1-5,8H,6H2;1-5H,6H2;2*2,6H,1,3-5H2;5-6H,1-4H2;2*1-4H2;5H,1-4H2;;;;;1H2/q;;2*-1;;-1;;;;;;-1;4*+1;/p-1. The van der Waals surface area contributed by atoms with Gasteiger partial charge in [-0.05, 0) is 62.5 Å². The summed E-state index contributed by atoms with van der Waals surface area (Å²) in [5.41, 5.74) is 8.52. The number of aliphatic hydroxyl groups is 7. The molecule has 6 aliphatic rings. The topological polar surface area (TPSA) is 312 Å². The van der Waals surface area contributed by atoms with Crippen molar-refractivity contribution in [2.45, 2.75) is 127 Å². The summed E-state index contributed by atoms with van der Waals surface area (Å²) in [4.78, 5) is 0. The van der Waals surface area contributed by atoms with E-state index in [-0.39, 0.29) is 284 Å². The second-order valence-corrected chi connectivity index (χ2v) is 24.9. The third kappa shape index (κ3) is 90.0. The average Bonchev–Trinajstić information content (AvgIpc) is 1.35. The minimum Gasteiger partial charge on any atom is -0.870 e. The molecular formula is C91H137K4O21-. The van der Waals surface area contributed by atoms with Crippen molar-refractivity contribution >= 4 is 0 Å². The Balaban J connectivity index is -0.000000291. The summed E-state index contributed by atoms with van der Waals surface area (Å²) in [6, 6.07) is 45.7. The van der Waals surface area contributed by atoms with E-state index in [1.165, 1.54) is 47.9 Å². The van der Waals surface area contributed by atoms with Crippen LogP contribution in [0.2, 0.25) is 0 Å². The normalized spacial score (nSPS) is 14.4. The Labute approximate surface area is 867 Å². The summed E-state index contributed by atoms with van der Waals surface area (Å²) >= 11 is 0. The van der Waals surface area contributed by atoms with Crippen LogP contribution in [0, 0.1) is 19.8 Å². The van der Waals surface area contributed by atoms with Gasteiger partial charge < -0.3 is 110 Å². The van der Waals surface area contributed by atoms with E-state index < -0.39 is 18.3 Å². The molecule has 4 fully saturated rings. The van der Waals surface area contributed by atoms with Crippen LogP contribution in [0.15, 0.2) is 227 Å². The zero-order chi connectivity index (χ0) is 81.0. The second-order valence-electron chi connectivity index (χ2n) is 24.9. The molecule has 8 N–H and O–H groups in total. The summed E-state index contributed by atoms with van der Waals surface area (Å²) in [5.74, 6) is 0. The van der Waals surface area contributed by atoms with Crippen LogP contribution in [-0.4, -0.2) is 230 Å². The number of unbranched alkanes of at least 4 members (excludes halogenated alkanes) is 3. The Hall–Kier alpha value is -0.275. The summed E-state index contributed by atoms with van der Waals surface area (Å²) in [5, 5.41) is 71.4. The molecule has 4 aliphatic heterocycles. The van der Waals surface area contributed by atoms with Gasteiger partial charge in [0.2, 0.25) is 0 Å². The monoisotopic (exact) mass is 1720 g/mol. The van der Waals surface area contributed by atoms with E-state index in [4.69, 9.17) is 77.3 Å². The van der Waals surface area contributed by atoms with Crippen LogP contribution >= 0.6 is 0 Å². The van der Waals surface area contributed by atoms with Crippen LogP contribution in [0.25, 0.3) is 0 Å². The minimum absolute atomic E-state index is 0. The predicted octanol–water partition coefficient (Wildman–Crippen LogP) is 0.0745. The van der Waals surface area contributed by atoms with Crippen LogP contribution in [0.5, 0.6) is 0 Å². The summed E-state index contributed by atoms with van der Waals surface area (Å²) in [6.07, 6.45) is 32.3. The Morgan fingerprint density at radius 1 is 0.422 bits per heavy atom. The van der Waals surface area contributed by atoms with Crippen molar-refractivity contribution in [1.82, 2.24) is 0 Å². The van der Waals surface area contributed by atoms with E-state index >= 15 is 0 Å². The molecule has 0 bridgehead atoms. The molecule has 0 amide bonds. The zero-order valence-corrected chi connectivity index (χ0v) is 83.2. The van der Waals surface area contributed by atoms with Gasteiger partial charge >= 0.3 is 206 Å². The summed E-state index contributed by atoms with van der Waals surface area (Å²) in [6.45, 7) is 34.8. The fourth-order valence-electron chi connectivity index (χ4n) is 8.65. The van der Waals surface area contributed by atoms with Gasteiger partial charge in [0.1, 0.15) is 30.5 Å². The quantitative estimate of drug-likeness (QED) is 0.00898. The van der Waals surface area contributed by atoms with Crippen molar-refractivity contribution < 1.29 is 309 Å². The van der Waals surface area contributed by atoms with E-state index in [0.29, 0.717) is 65.1 Å². The van der Waals surface area contributed by atoms with E-state index in [2.05, 4.69) is 125 Å². The Kier molecular flexibility index (Phi) is 111. The molecule has 21 nitrogen and oxygen atoms in total. The van der Waals surface area contributed by atoms with Gasteiger partial charge in [-0.1, -0.05) is 158 Å². The van der Waals surface area contributed by atoms with Crippen LogP contribution in [0.1, 0.15) is 103 Å². The van der Waals surface area contributed by atoms with Gasteiger partial charge in [-0.25, -0.2) is 0 Å². The number of benzene rings is 5. The smallest absolute Gasteiger partial charge is 0.870 e. The SMILES string of the molecule is C1=CCc2ccccc2[CH-]1.C1=CCc2ccccc2[CH-]1.C1CCOC1.C1CCOC1.C=CCOCC(O)COCCCCOCC(O)COCC=C.C=CCOCC(O)COCc1ccccc1.C=CCOCC1CO1.C=CCOCC1CO1.OCCCCO.OCc1ccccc1.[CH2-]CCCO.[K+].[K+].[K+].[K+].[O-]Cc1ccccc1.[OH-]. The molecule has 0 saturated carbocycles. The van der Waals surface area contributed by atoms with Crippen LogP contribution < -0.4 is 211 Å². The number of aliphatic hydroxyl groups excluding tert-OH is 7. The van der Waals surface area contributed by atoms with E-state index in [1.807, 2.05) is 91.0 Å². The van der Waals surface area contributed by atoms with Crippen molar-refractivity contribution in [2.75, 3.05) is 159 Å². The molecule has 25 heteroatoms. The molecule has 5 aromatic carbocycles. The van der Waals surface area contributed by atoms with Gasteiger partial charge in [0.05, 0.1) is 112 Å². The summed E-state index contributed by atoms with van der Waals surface area (Å²) < 4.78 is 61.1. The first kappa shape index (κ1) is 127.